The normalized spacial score (nSPS) is 20.1. The number of aliphatic hydroxyl groups excluding tert-OH is 1. The molecule has 4 aromatic rings. The van der Waals surface area contributed by atoms with Crippen LogP contribution in [0.4, 0.5) is 5.82 Å². The van der Waals surface area contributed by atoms with Gasteiger partial charge in [-0.2, -0.15) is 13.5 Å². The number of carbonyl (C=O) groups is 1. The third kappa shape index (κ3) is 5.44. The zero-order chi connectivity index (χ0) is 25.3. The van der Waals surface area contributed by atoms with Crippen molar-refractivity contribution in [3.05, 3.63) is 72.1 Å². The molecule has 0 radical (unpaired) electrons. The Bertz CT molecular complexity index is 1470. The highest BCUT2D eigenvalue weighted by Gasteiger charge is 2.34. The monoisotopic (exact) mass is 512 g/mol. The van der Waals surface area contributed by atoms with Crippen molar-refractivity contribution in [2.24, 2.45) is 11.1 Å². The van der Waals surface area contributed by atoms with Gasteiger partial charge >= 0.3 is 10.3 Å². The number of nitrogens with zero attached hydrogens (tertiary/aromatic N) is 4. The van der Waals surface area contributed by atoms with E-state index in [4.69, 9.17) is 9.56 Å². The minimum atomic E-state index is -4.10. The molecular weight excluding hydrogens is 488 g/mol. The van der Waals surface area contributed by atoms with Crippen LogP contribution >= 0.6 is 0 Å². The molecule has 1 fully saturated rings. The molecule has 0 spiro atoms. The van der Waals surface area contributed by atoms with Gasteiger partial charge in [-0.05, 0) is 31.0 Å². The third-order valence-corrected chi connectivity index (χ3v) is 6.53. The van der Waals surface area contributed by atoms with Crippen LogP contribution in [0.5, 0.6) is 0 Å². The van der Waals surface area contributed by atoms with Crippen LogP contribution < -0.4 is 10.5 Å². The number of para-hydroxylation sites is 1. The van der Waals surface area contributed by atoms with Crippen LogP contribution in [-0.4, -0.2) is 57.8 Å². The Morgan fingerprint density at radius 3 is 2.92 bits per heavy atom. The van der Waals surface area contributed by atoms with Gasteiger partial charge in [-0.25, -0.2) is 15.1 Å². The molecule has 0 amide bonds. The molecule has 188 valence electrons. The van der Waals surface area contributed by atoms with Crippen molar-refractivity contribution in [1.82, 2.24) is 19.7 Å². The van der Waals surface area contributed by atoms with E-state index in [-0.39, 0.29) is 29.7 Å². The molecule has 3 atom stereocenters. The highest BCUT2D eigenvalue weighted by atomic mass is 32.2. The molecule has 0 bridgehead atoms. The molecule has 0 aliphatic heterocycles. The van der Waals surface area contributed by atoms with Gasteiger partial charge in [0, 0.05) is 29.7 Å². The largest absolute Gasteiger partial charge is 0.459 e. The van der Waals surface area contributed by atoms with Crippen molar-refractivity contribution < 1.29 is 26.9 Å². The van der Waals surface area contributed by atoms with Crippen LogP contribution in [0.15, 0.2) is 59.5 Å². The molecule has 3 heterocycles. The zero-order valence-electron chi connectivity index (χ0n) is 19.0. The average Bonchev–Trinajstić information content (AvgIpc) is 3.55. The molecule has 1 aliphatic carbocycles. The number of ketones is 1. The summed E-state index contributed by atoms with van der Waals surface area (Å²) in [6.45, 7) is 0.136. The van der Waals surface area contributed by atoms with Gasteiger partial charge in [0.25, 0.3) is 0 Å². The van der Waals surface area contributed by atoms with E-state index < -0.39 is 22.3 Å². The molecular formula is C23H24N6O6S. The Labute approximate surface area is 206 Å². The maximum Gasteiger partial charge on any atom is 0.333 e. The van der Waals surface area contributed by atoms with E-state index in [1.165, 1.54) is 12.5 Å². The molecule has 5 rings (SSSR count). The predicted octanol–water partition coefficient (Wildman–Crippen LogP) is 1.47. The Hall–Kier alpha value is -3.65. The lowest BCUT2D eigenvalue weighted by Gasteiger charge is -2.15. The van der Waals surface area contributed by atoms with Crippen molar-refractivity contribution >= 4 is 32.9 Å². The number of furan rings is 1. The maximum absolute atomic E-state index is 13.2. The summed E-state index contributed by atoms with van der Waals surface area (Å²) < 4.78 is 34.2. The molecule has 0 saturated heterocycles. The van der Waals surface area contributed by atoms with Gasteiger partial charge in [0.15, 0.2) is 0 Å². The number of nitrogens with two attached hydrogens (primary N) is 1. The number of hydrogen-bond acceptors (Lipinski definition) is 10. The van der Waals surface area contributed by atoms with Gasteiger partial charge in [-0.15, -0.1) is 0 Å². The summed E-state index contributed by atoms with van der Waals surface area (Å²) in [5.74, 6) is 0.210. The van der Waals surface area contributed by atoms with Gasteiger partial charge in [-0.1, -0.05) is 18.2 Å². The fraction of sp³-hybridized carbons (Fsp3) is 0.304. The van der Waals surface area contributed by atoms with Crippen molar-refractivity contribution in [3.63, 3.8) is 0 Å². The fourth-order valence-electron chi connectivity index (χ4n) is 4.37. The number of aromatic nitrogens is 4. The number of aliphatic hydroxyl groups is 1. The van der Waals surface area contributed by atoms with Gasteiger partial charge in [0.05, 0.1) is 24.8 Å². The molecule has 1 saturated carbocycles. The predicted molar refractivity (Wildman–Crippen MR) is 128 cm³/mol. The molecule has 4 N–H and O–H groups in total. The summed E-state index contributed by atoms with van der Waals surface area (Å²) >= 11 is 0. The molecule has 3 unspecified atom stereocenters. The molecule has 3 aromatic heterocycles. The van der Waals surface area contributed by atoms with E-state index in [1.807, 2.05) is 30.3 Å². The SMILES string of the molecule is NS(=O)(=O)OCC1CC(Nc2ncncc2C(=O)c2ccn(Cc3cc4ccccc4o3)n2)CC1O. The number of nitrogens with one attached hydrogen (secondary N) is 1. The minimum Gasteiger partial charge on any atom is -0.459 e. The van der Waals surface area contributed by atoms with Gasteiger partial charge in [0.2, 0.25) is 5.78 Å². The van der Waals surface area contributed by atoms with Crippen LogP contribution in [0.25, 0.3) is 11.0 Å². The molecule has 36 heavy (non-hydrogen) atoms. The highest BCUT2D eigenvalue weighted by molar-refractivity contribution is 7.84. The minimum absolute atomic E-state index is 0.217. The first-order valence-corrected chi connectivity index (χ1v) is 12.7. The number of carbonyl (C=O) groups excluding carboxylic acids is 1. The first-order valence-electron chi connectivity index (χ1n) is 11.2. The average molecular weight is 513 g/mol. The van der Waals surface area contributed by atoms with Gasteiger partial charge in [0.1, 0.15) is 29.2 Å². The second kappa shape index (κ2) is 9.78. The summed E-state index contributed by atoms with van der Waals surface area (Å²) in [5.41, 5.74) is 1.23. The quantitative estimate of drug-likeness (QED) is 0.278. The third-order valence-electron chi connectivity index (χ3n) is 6.07. The van der Waals surface area contributed by atoms with Crippen molar-refractivity contribution in [2.75, 3.05) is 11.9 Å². The number of benzene rings is 1. The van der Waals surface area contributed by atoms with Crippen LogP contribution in [0.3, 0.4) is 0 Å². The number of hydrogen-bond donors (Lipinski definition) is 3. The van der Waals surface area contributed by atoms with Crippen molar-refractivity contribution in [2.45, 2.75) is 31.5 Å². The van der Waals surface area contributed by atoms with Crippen LogP contribution in [-0.2, 0) is 21.0 Å². The molecule has 1 aromatic carbocycles. The smallest absolute Gasteiger partial charge is 0.333 e. The van der Waals surface area contributed by atoms with Crippen molar-refractivity contribution in [3.8, 4) is 0 Å². The lowest BCUT2D eigenvalue weighted by molar-refractivity contribution is 0.101. The Kier molecular flexibility index (Phi) is 6.53. The summed E-state index contributed by atoms with van der Waals surface area (Å²) in [7, 11) is -4.10. The van der Waals surface area contributed by atoms with E-state index in [2.05, 4.69) is 24.6 Å². The summed E-state index contributed by atoms with van der Waals surface area (Å²) in [5, 5.41) is 23.7. The molecule has 1 aliphatic rings. The van der Waals surface area contributed by atoms with E-state index in [1.54, 1.807) is 16.9 Å². The first-order chi connectivity index (χ1) is 17.2. The molecule has 13 heteroatoms. The second-order valence-corrected chi connectivity index (χ2v) is 9.90. The zero-order valence-corrected chi connectivity index (χ0v) is 19.8. The number of fused-ring (bicyclic) bond motifs is 1. The topological polar surface area (TPSA) is 175 Å². The van der Waals surface area contributed by atoms with Crippen LogP contribution in [0.2, 0.25) is 0 Å². The summed E-state index contributed by atoms with van der Waals surface area (Å²) in [6, 6.07) is 11.0. The van der Waals surface area contributed by atoms with E-state index in [9.17, 15) is 18.3 Å². The summed E-state index contributed by atoms with van der Waals surface area (Å²) in [4.78, 5) is 21.4. The van der Waals surface area contributed by atoms with Gasteiger partial charge < -0.3 is 14.8 Å². The van der Waals surface area contributed by atoms with E-state index in [0.29, 0.717) is 31.0 Å². The Balaban J connectivity index is 1.27. The number of rotatable bonds is 9. The Morgan fingerprint density at radius 1 is 1.28 bits per heavy atom. The van der Waals surface area contributed by atoms with Gasteiger partial charge in [-0.3, -0.25) is 13.7 Å². The lowest BCUT2D eigenvalue weighted by atomic mass is 10.1. The van der Waals surface area contributed by atoms with E-state index in [0.717, 1.165) is 11.0 Å². The molecule has 12 nitrogen and oxygen atoms in total. The van der Waals surface area contributed by atoms with Crippen molar-refractivity contribution in [1.29, 1.82) is 0 Å². The van der Waals surface area contributed by atoms with Crippen LogP contribution in [0, 0.1) is 5.92 Å². The summed E-state index contributed by atoms with van der Waals surface area (Å²) in [6.07, 6.45) is 4.35. The first kappa shape index (κ1) is 24.1. The fourth-order valence-corrected chi connectivity index (χ4v) is 4.73. The highest BCUT2D eigenvalue weighted by Crippen LogP contribution is 2.30. The lowest BCUT2D eigenvalue weighted by Crippen LogP contribution is -2.24. The van der Waals surface area contributed by atoms with Crippen LogP contribution in [0.1, 0.15) is 34.7 Å². The number of anilines is 1. The standard InChI is InChI=1S/C23H24N6O6S/c24-36(32,33)34-12-15-7-16(9-20(15)30)27-23-18(10-25-13-26-23)22(31)19-5-6-29(28-19)11-17-8-14-3-1-2-4-21(14)35-17/h1-6,8,10,13,15-16,20,30H,7,9,11-12H2,(H2,24,32,33)(H,25,26,27). The maximum atomic E-state index is 13.2. The second-order valence-electron chi connectivity index (χ2n) is 8.68. The Morgan fingerprint density at radius 2 is 2.11 bits per heavy atom. The van der Waals surface area contributed by atoms with E-state index >= 15 is 0 Å².